The molecule has 0 atom stereocenters. The van der Waals surface area contributed by atoms with E-state index in [0.717, 1.165) is 18.4 Å². The standard InChI is InChI=1S/C12H13F/c13-12-9-5-4-8-11(12)10-6-2-1-3-7-10/h4-6,8-9H,1-3,7H2. The van der Waals surface area contributed by atoms with Crippen LogP contribution < -0.4 is 0 Å². The van der Waals surface area contributed by atoms with Crippen LogP contribution in [0.1, 0.15) is 31.2 Å². The number of hydrogen-bond acceptors (Lipinski definition) is 0. The molecule has 1 aliphatic rings. The van der Waals surface area contributed by atoms with Crippen molar-refractivity contribution in [2.24, 2.45) is 0 Å². The van der Waals surface area contributed by atoms with Gasteiger partial charge < -0.3 is 0 Å². The normalized spacial score (nSPS) is 16.8. The summed E-state index contributed by atoms with van der Waals surface area (Å²) in [6.07, 6.45) is 6.74. The third-order valence-electron chi connectivity index (χ3n) is 2.51. The molecule has 0 fully saturated rings. The van der Waals surface area contributed by atoms with Gasteiger partial charge in [-0.3, -0.25) is 0 Å². The van der Waals surface area contributed by atoms with E-state index in [1.807, 2.05) is 12.1 Å². The van der Waals surface area contributed by atoms with Gasteiger partial charge in [-0.25, -0.2) is 4.39 Å². The molecular weight excluding hydrogens is 163 g/mol. The Morgan fingerprint density at radius 2 is 1.92 bits per heavy atom. The van der Waals surface area contributed by atoms with Crippen molar-refractivity contribution in [2.45, 2.75) is 25.7 Å². The van der Waals surface area contributed by atoms with Crippen LogP contribution in [0.15, 0.2) is 30.3 Å². The van der Waals surface area contributed by atoms with Gasteiger partial charge in [0.15, 0.2) is 0 Å². The fourth-order valence-corrected chi connectivity index (χ4v) is 1.80. The monoisotopic (exact) mass is 176 g/mol. The van der Waals surface area contributed by atoms with Gasteiger partial charge in [0.25, 0.3) is 0 Å². The minimum absolute atomic E-state index is 0.0874. The van der Waals surface area contributed by atoms with Crippen LogP contribution in [0, 0.1) is 5.82 Å². The maximum atomic E-state index is 13.3. The van der Waals surface area contributed by atoms with Crippen LogP contribution in [0.3, 0.4) is 0 Å². The van der Waals surface area contributed by atoms with E-state index in [9.17, 15) is 4.39 Å². The summed E-state index contributed by atoms with van der Waals surface area (Å²) < 4.78 is 13.3. The van der Waals surface area contributed by atoms with Crippen molar-refractivity contribution in [3.8, 4) is 0 Å². The lowest BCUT2D eigenvalue weighted by Gasteiger charge is -2.13. The maximum Gasteiger partial charge on any atom is 0.130 e. The summed E-state index contributed by atoms with van der Waals surface area (Å²) in [7, 11) is 0. The third-order valence-corrected chi connectivity index (χ3v) is 2.51. The molecular formula is C12H13F. The largest absolute Gasteiger partial charge is 0.206 e. The van der Waals surface area contributed by atoms with E-state index in [2.05, 4.69) is 6.08 Å². The summed E-state index contributed by atoms with van der Waals surface area (Å²) in [5.41, 5.74) is 1.98. The van der Waals surface area contributed by atoms with Gasteiger partial charge in [0.05, 0.1) is 0 Å². The van der Waals surface area contributed by atoms with Gasteiger partial charge in [-0.2, -0.15) is 0 Å². The molecule has 1 heteroatoms. The Labute approximate surface area is 78.1 Å². The van der Waals surface area contributed by atoms with E-state index >= 15 is 0 Å². The summed E-state index contributed by atoms with van der Waals surface area (Å²) in [5, 5.41) is 0. The Bertz CT molecular complexity index is 326. The second-order valence-corrected chi connectivity index (χ2v) is 3.45. The molecule has 0 unspecified atom stereocenters. The average molecular weight is 176 g/mol. The van der Waals surface area contributed by atoms with Crippen LogP contribution in [-0.2, 0) is 0 Å². The van der Waals surface area contributed by atoms with Crippen molar-refractivity contribution in [1.29, 1.82) is 0 Å². The van der Waals surface area contributed by atoms with Crippen molar-refractivity contribution in [3.05, 3.63) is 41.7 Å². The number of rotatable bonds is 1. The highest BCUT2D eigenvalue weighted by Crippen LogP contribution is 2.27. The zero-order chi connectivity index (χ0) is 9.10. The molecule has 0 N–H and O–H groups in total. The van der Waals surface area contributed by atoms with Crippen molar-refractivity contribution < 1.29 is 4.39 Å². The molecule has 68 valence electrons. The van der Waals surface area contributed by atoms with Gasteiger partial charge in [0.2, 0.25) is 0 Å². The molecule has 13 heavy (non-hydrogen) atoms. The van der Waals surface area contributed by atoms with E-state index in [0.29, 0.717) is 0 Å². The molecule has 0 nitrogen and oxygen atoms in total. The quantitative estimate of drug-likeness (QED) is 0.610. The fraction of sp³-hybridized carbons (Fsp3) is 0.333. The van der Waals surface area contributed by atoms with Crippen molar-refractivity contribution in [1.82, 2.24) is 0 Å². The smallest absolute Gasteiger partial charge is 0.130 e. The predicted molar refractivity (Wildman–Crippen MR) is 52.8 cm³/mol. The topological polar surface area (TPSA) is 0 Å². The van der Waals surface area contributed by atoms with E-state index in [1.54, 1.807) is 6.07 Å². The minimum Gasteiger partial charge on any atom is -0.206 e. The molecule has 0 saturated heterocycles. The molecule has 0 spiro atoms. The van der Waals surface area contributed by atoms with Gasteiger partial charge in [-0.05, 0) is 37.3 Å². The second-order valence-electron chi connectivity index (χ2n) is 3.45. The molecule has 1 aromatic rings. The molecule has 0 saturated carbocycles. The van der Waals surface area contributed by atoms with Crippen molar-refractivity contribution in [3.63, 3.8) is 0 Å². The molecule has 0 amide bonds. The van der Waals surface area contributed by atoms with Gasteiger partial charge in [-0.15, -0.1) is 0 Å². The molecule has 0 aromatic heterocycles. The lowest BCUT2D eigenvalue weighted by Crippen LogP contribution is -1.94. The summed E-state index contributed by atoms with van der Waals surface area (Å²) in [6, 6.07) is 7.04. The maximum absolute atomic E-state index is 13.3. The number of benzene rings is 1. The minimum atomic E-state index is -0.0874. The summed E-state index contributed by atoms with van der Waals surface area (Å²) in [5.74, 6) is -0.0874. The first kappa shape index (κ1) is 8.49. The van der Waals surface area contributed by atoms with Gasteiger partial charge in [0, 0.05) is 5.56 Å². The van der Waals surface area contributed by atoms with Crippen molar-refractivity contribution in [2.75, 3.05) is 0 Å². The first-order valence-electron chi connectivity index (χ1n) is 4.82. The fourth-order valence-electron chi connectivity index (χ4n) is 1.80. The Morgan fingerprint density at radius 1 is 1.08 bits per heavy atom. The lowest BCUT2D eigenvalue weighted by molar-refractivity contribution is 0.620. The average Bonchev–Trinajstić information content (AvgIpc) is 2.20. The first-order chi connectivity index (χ1) is 6.38. The van der Waals surface area contributed by atoms with Crippen LogP contribution >= 0.6 is 0 Å². The summed E-state index contributed by atoms with van der Waals surface area (Å²) in [4.78, 5) is 0. The molecule has 0 bridgehead atoms. The molecule has 1 aliphatic carbocycles. The highest BCUT2D eigenvalue weighted by atomic mass is 19.1. The Hall–Kier alpha value is -1.11. The van der Waals surface area contributed by atoms with Crippen LogP contribution in [0.5, 0.6) is 0 Å². The Morgan fingerprint density at radius 3 is 2.62 bits per heavy atom. The van der Waals surface area contributed by atoms with E-state index in [-0.39, 0.29) is 5.82 Å². The van der Waals surface area contributed by atoms with Crippen LogP contribution in [0.2, 0.25) is 0 Å². The second kappa shape index (κ2) is 3.73. The van der Waals surface area contributed by atoms with Crippen LogP contribution in [0.25, 0.3) is 5.57 Å². The number of hydrogen-bond donors (Lipinski definition) is 0. The van der Waals surface area contributed by atoms with E-state index in [1.165, 1.54) is 24.5 Å². The van der Waals surface area contributed by atoms with E-state index in [4.69, 9.17) is 0 Å². The molecule has 1 aromatic carbocycles. The molecule has 0 aliphatic heterocycles. The van der Waals surface area contributed by atoms with Crippen molar-refractivity contribution >= 4 is 5.57 Å². The Balaban J connectivity index is 2.34. The number of allylic oxidation sites excluding steroid dienone is 2. The summed E-state index contributed by atoms with van der Waals surface area (Å²) >= 11 is 0. The predicted octanol–water partition coefficient (Wildman–Crippen LogP) is 3.78. The van der Waals surface area contributed by atoms with Gasteiger partial charge in [-0.1, -0.05) is 24.3 Å². The SMILES string of the molecule is Fc1ccccc1C1=CCCCC1. The molecule has 2 rings (SSSR count). The number of halogens is 1. The van der Waals surface area contributed by atoms with E-state index < -0.39 is 0 Å². The zero-order valence-electron chi connectivity index (χ0n) is 7.59. The third kappa shape index (κ3) is 1.80. The molecule has 0 radical (unpaired) electrons. The highest BCUT2D eigenvalue weighted by Gasteiger charge is 2.09. The summed E-state index contributed by atoms with van der Waals surface area (Å²) in [6.45, 7) is 0. The van der Waals surface area contributed by atoms with Crippen LogP contribution in [0.4, 0.5) is 4.39 Å². The van der Waals surface area contributed by atoms with Gasteiger partial charge >= 0.3 is 0 Å². The van der Waals surface area contributed by atoms with Gasteiger partial charge in [0.1, 0.15) is 5.82 Å². The zero-order valence-corrected chi connectivity index (χ0v) is 7.59. The highest BCUT2D eigenvalue weighted by molar-refractivity contribution is 5.66. The Kier molecular flexibility index (Phi) is 2.44. The lowest BCUT2D eigenvalue weighted by atomic mass is 9.93. The van der Waals surface area contributed by atoms with Crippen LogP contribution in [-0.4, -0.2) is 0 Å². The first-order valence-corrected chi connectivity index (χ1v) is 4.82. The molecule has 0 heterocycles.